The number of aromatic amines is 1. The molecule has 3 N–H and O–H groups in total. The van der Waals surface area contributed by atoms with Crippen molar-refractivity contribution in [3.8, 4) is 0 Å². The molecule has 0 spiro atoms. The fourth-order valence-corrected chi connectivity index (χ4v) is 2.70. The first kappa shape index (κ1) is 13.6. The maximum Gasteiger partial charge on any atom is 0.313 e. The molecule has 0 aliphatic heterocycles. The third-order valence-corrected chi connectivity index (χ3v) is 3.85. The SMILES string of the molecule is O=C(Nc1ccc2cn[nH]c2c1)C(=O)NC1CCCCC1. The van der Waals surface area contributed by atoms with Gasteiger partial charge < -0.3 is 10.6 Å². The van der Waals surface area contributed by atoms with Crippen molar-refractivity contribution < 1.29 is 9.59 Å². The summed E-state index contributed by atoms with van der Waals surface area (Å²) in [5, 5.41) is 13.1. The molecule has 110 valence electrons. The number of carbonyl (C=O) groups is 2. The summed E-state index contributed by atoms with van der Waals surface area (Å²) in [5.74, 6) is -1.19. The molecule has 1 aromatic carbocycles. The van der Waals surface area contributed by atoms with Gasteiger partial charge in [0.25, 0.3) is 0 Å². The van der Waals surface area contributed by atoms with E-state index in [1.54, 1.807) is 18.3 Å². The van der Waals surface area contributed by atoms with Crippen LogP contribution in [0.3, 0.4) is 0 Å². The third kappa shape index (κ3) is 3.21. The largest absolute Gasteiger partial charge is 0.345 e. The summed E-state index contributed by atoms with van der Waals surface area (Å²) in [6.45, 7) is 0. The van der Waals surface area contributed by atoms with Crippen LogP contribution >= 0.6 is 0 Å². The molecule has 2 amide bonds. The van der Waals surface area contributed by atoms with Gasteiger partial charge in [-0.1, -0.05) is 19.3 Å². The van der Waals surface area contributed by atoms with Crippen LogP contribution in [0.2, 0.25) is 0 Å². The zero-order valence-electron chi connectivity index (χ0n) is 11.7. The Labute approximate surface area is 122 Å². The molecule has 2 aromatic rings. The number of anilines is 1. The number of H-pyrrole nitrogens is 1. The highest BCUT2D eigenvalue weighted by atomic mass is 16.2. The van der Waals surface area contributed by atoms with Crippen LogP contribution in [-0.2, 0) is 9.59 Å². The first-order valence-electron chi connectivity index (χ1n) is 7.27. The van der Waals surface area contributed by atoms with Gasteiger partial charge in [0, 0.05) is 17.1 Å². The zero-order chi connectivity index (χ0) is 14.7. The summed E-state index contributed by atoms with van der Waals surface area (Å²) in [4.78, 5) is 23.8. The van der Waals surface area contributed by atoms with Crippen LogP contribution in [0.15, 0.2) is 24.4 Å². The van der Waals surface area contributed by atoms with Gasteiger partial charge in [0.1, 0.15) is 0 Å². The number of benzene rings is 1. The smallest absolute Gasteiger partial charge is 0.313 e. The molecule has 6 nitrogen and oxygen atoms in total. The van der Waals surface area contributed by atoms with E-state index >= 15 is 0 Å². The van der Waals surface area contributed by atoms with Crippen molar-refractivity contribution in [3.63, 3.8) is 0 Å². The van der Waals surface area contributed by atoms with E-state index in [4.69, 9.17) is 0 Å². The Morgan fingerprint density at radius 3 is 2.76 bits per heavy atom. The highest BCUT2D eigenvalue weighted by Crippen LogP contribution is 2.18. The van der Waals surface area contributed by atoms with Gasteiger partial charge in [-0.25, -0.2) is 0 Å². The highest BCUT2D eigenvalue weighted by molar-refractivity contribution is 6.39. The monoisotopic (exact) mass is 286 g/mol. The quantitative estimate of drug-likeness (QED) is 0.737. The van der Waals surface area contributed by atoms with E-state index in [0.29, 0.717) is 5.69 Å². The van der Waals surface area contributed by atoms with Crippen LogP contribution < -0.4 is 10.6 Å². The van der Waals surface area contributed by atoms with E-state index in [2.05, 4.69) is 20.8 Å². The van der Waals surface area contributed by atoms with Crippen molar-refractivity contribution in [1.29, 1.82) is 0 Å². The van der Waals surface area contributed by atoms with Crippen molar-refractivity contribution in [2.75, 3.05) is 5.32 Å². The van der Waals surface area contributed by atoms with Gasteiger partial charge in [0.2, 0.25) is 0 Å². The molecule has 1 aromatic heterocycles. The lowest BCUT2D eigenvalue weighted by atomic mass is 9.95. The Hall–Kier alpha value is -2.37. The predicted octanol–water partition coefficient (Wildman–Crippen LogP) is 1.95. The summed E-state index contributed by atoms with van der Waals surface area (Å²) in [5.41, 5.74) is 1.40. The van der Waals surface area contributed by atoms with Gasteiger partial charge in [0.05, 0.1) is 11.7 Å². The van der Waals surface area contributed by atoms with Crippen LogP contribution in [0.4, 0.5) is 5.69 Å². The van der Waals surface area contributed by atoms with E-state index in [0.717, 1.165) is 36.6 Å². The van der Waals surface area contributed by atoms with Gasteiger partial charge in [-0.05, 0) is 31.0 Å². The summed E-state index contributed by atoms with van der Waals surface area (Å²) in [6.07, 6.45) is 7.06. The van der Waals surface area contributed by atoms with Crippen LogP contribution in [0, 0.1) is 0 Å². The maximum atomic E-state index is 11.9. The summed E-state index contributed by atoms with van der Waals surface area (Å²) < 4.78 is 0. The molecule has 6 heteroatoms. The lowest BCUT2D eigenvalue weighted by Gasteiger charge is -2.22. The van der Waals surface area contributed by atoms with Gasteiger partial charge in [-0.3, -0.25) is 14.7 Å². The number of nitrogens with zero attached hydrogens (tertiary/aromatic N) is 1. The molecule has 1 heterocycles. The standard InChI is InChI=1S/C15H18N4O2/c20-14(17-11-4-2-1-3-5-11)15(21)18-12-7-6-10-9-16-19-13(10)8-12/h6-9,11H,1-5H2,(H,16,19)(H,17,20)(H,18,21). The number of rotatable bonds is 2. The normalized spacial score (nSPS) is 15.8. The van der Waals surface area contributed by atoms with Crippen LogP contribution in [0.25, 0.3) is 10.9 Å². The van der Waals surface area contributed by atoms with E-state index in [1.807, 2.05) is 6.07 Å². The molecule has 1 fully saturated rings. The Balaban J connectivity index is 1.60. The van der Waals surface area contributed by atoms with Gasteiger partial charge in [-0.2, -0.15) is 5.10 Å². The van der Waals surface area contributed by atoms with Crippen LogP contribution in [0.5, 0.6) is 0 Å². The van der Waals surface area contributed by atoms with E-state index in [-0.39, 0.29) is 6.04 Å². The second-order valence-corrected chi connectivity index (χ2v) is 5.43. The summed E-state index contributed by atoms with van der Waals surface area (Å²) >= 11 is 0. The lowest BCUT2D eigenvalue weighted by Crippen LogP contribution is -2.42. The molecule has 0 atom stereocenters. The average molecular weight is 286 g/mol. The molecule has 21 heavy (non-hydrogen) atoms. The Morgan fingerprint density at radius 2 is 1.95 bits per heavy atom. The van der Waals surface area contributed by atoms with Gasteiger partial charge in [0.15, 0.2) is 0 Å². The van der Waals surface area contributed by atoms with Crippen molar-refractivity contribution in [2.24, 2.45) is 0 Å². The van der Waals surface area contributed by atoms with E-state index in [1.165, 1.54) is 6.42 Å². The highest BCUT2D eigenvalue weighted by Gasteiger charge is 2.20. The average Bonchev–Trinajstić information content (AvgIpc) is 2.95. The van der Waals surface area contributed by atoms with E-state index < -0.39 is 11.8 Å². The molecule has 0 unspecified atom stereocenters. The minimum absolute atomic E-state index is 0.132. The molecule has 1 aliphatic carbocycles. The first-order chi connectivity index (χ1) is 10.2. The molecule has 3 rings (SSSR count). The Bertz CT molecular complexity index is 658. The Kier molecular flexibility index (Phi) is 3.85. The van der Waals surface area contributed by atoms with Gasteiger partial charge in [-0.15, -0.1) is 0 Å². The molecule has 1 saturated carbocycles. The number of amides is 2. The lowest BCUT2D eigenvalue weighted by molar-refractivity contribution is -0.136. The van der Waals surface area contributed by atoms with Crippen molar-refractivity contribution in [3.05, 3.63) is 24.4 Å². The second-order valence-electron chi connectivity index (χ2n) is 5.43. The minimum Gasteiger partial charge on any atom is -0.345 e. The Morgan fingerprint density at radius 1 is 1.14 bits per heavy atom. The van der Waals surface area contributed by atoms with Crippen LogP contribution in [0.1, 0.15) is 32.1 Å². The van der Waals surface area contributed by atoms with Crippen LogP contribution in [-0.4, -0.2) is 28.1 Å². The molecule has 0 radical (unpaired) electrons. The first-order valence-corrected chi connectivity index (χ1v) is 7.27. The second kappa shape index (κ2) is 5.95. The molecule has 0 bridgehead atoms. The van der Waals surface area contributed by atoms with Crippen molar-refractivity contribution in [1.82, 2.24) is 15.5 Å². The summed E-state index contributed by atoms with van der Waals surface area (Å²) in [6, 6.07) is 5.48. The number of hydrogen-bond acceptors (Lipinski definition) is 3. The number of nitrogens with one attached hydrogen (secondary N) is 3. The third-order valence-electron chi connectivity index (χ3n) is 3.85. The predicted molar refractivity (Wildman–Crippen MR) is 79.7 cm³/mol. The number of hydrogen-bond donors (Lipinski definition) is 3. The fourth-order valence-electron chi connectivity index (χ4n) is 2.70. The maximum absolute atomic E-state index is 11.9. The minimum atomic E-state index is -0.626. The molecular formula is C15H18N4O2. The molecular weight excluding hydrogens is 268 g/mol. The summed E-state index contributed by atoms with van der Waals surface area (Å²) in [7, 11) is 0. The number of fused-ring (bicyclic) bond motifs is 1. The topological polar surface area (TPSA) is 86.9 Å². The van der Waals surface area contributed by atoms with Crippen molar-refractivity contribution in [2.45, 2.75) is 38.1 Å². The fraction of sp³-hybridized carbons (Fsp3) is 0.400. The van der Waals surface area contributed by atoms with E-state index in [9.17, 15) is 9.59 Å². The molecule has 0 saturated heterocycles. The number of carbonyl (C=O) groups excluding carboxylic acids is 2. The number of aromatic nitrogens is 2. The zero-order valence-corrected chi connectivity index (χ0v) is 11.7. The molecule has 1 aliphatic rings. The van der Waals surface area contributed by atoms with Crippen molar-refractivity contribution >= 4 is 28.4 Å². The van der Waals surface area contributed by atoms with Gasteiger partial charge >= 0.3 is 11.8 Å².